The normalized spacial score (nSPS) is 16.3. The SMILES string of the molecule is CCC(C)(NC(=O)CN1C(=O)COc2ccccc21)C(=O)O. The number of carboxylic acids is 1. The third kappa shape index (κ3) is 3.03. The van der Waals surface area contributed by atoms with Crippen molar-refractivity contribution in [2.75, 3.05) is 18.1 Å². The number of hydrogen-bond acceptors (Lipinski definition) is 4. The summed E-state index contributed by atoms with van der Waals surface area (Å²) in [4.78, 5) is 36.6. The molecule has 2 amide bonds. The molecule has 0 bridgehead atoms. The maximum absolute atomic E-state index is 12.1. The summed E-state index contributed by atoms with van der Waals surface area (Å²) in [7, 11) is 0. The first-order valence-corrected chi connectivity index (χ1v) is 6.94. The molecular weight excluding hydrogens is 288 g/mol. The van der Waals surface area contributed by atoms with Crippen LogP contribution in [0.4, 0.5) is 5.69 Å². The highest BCUT2D eigenvalue weighted by atomic mass is 16.5. The molecule has 1 aliphatic heterocycles. The van der Waals surface area contributed by atoms with Gasteiger partial charge in [0.1, 0.15) is 17.8 Å². The molecule has 7 heteroatoms. The van der Waals surface area contributed by atoms with Crippen molar-refractivity contribution in [2.45, 2.75) is 25.8 Å². The van der Waals surface area contributed by atoms with Crippen LogP contribution in [0.1, 0.15) is 20.3 Å². The van der Waals surface area contributed by atoms with Gasteiger partial charge in [0.2, 0.25) is 5.91 Å². The first-order chi connectivity index (χ1) is 10.4. The molecule has 0 aliphatic carbocycles. The summed E-state index contributed by atoms with van der Waals surface area (Å²) >= 11 is 0. The summed E-state index contributed by atoms with van der Waals surface area (Å²) in [5.41, 5.74) is -0.853. The summed E-state index contributed by atoms with van der Waals surface area (Å²) in [6.07, 6.45) is 0.238. The summed E-state index contributed by atoms with van der Waals surface area (Å²) < 4.78 is 5.29. The zero-order valence-electron chi connectivity index (χ0n) is 12.5. The molecule has 0 spiro atoms. The van der Waals surface area contributed by atoms with E-state index >= 15 is 0 Å². The molecule has 1 aromatic rings. The Labute approximate surface area is 127 Å². The van der Waals surface area contributed by atoms with E-state index in [9.17, 15) is 19.5 Å². The number of carbonyl (C=O) groups excluding carboxylic acids is 2. The van der Waals surface area contributed by atoms with E-state index in [2.05, 4.69) is 5.32 Å². The van der Waals surface area contributed by atoms with Gasteiger partial charge in [0.25, 0.3) is 5.91 Å². The number of carbonyl (C=O) groups is 3. The van der Waals surface area contributed by atoms with Crippen LogP contribution in [0.2, 0.25) is 0 Å². The maximum atomic E-state index is 12.1. The highest BCUT2D eigenvalue weighted by molar-refractivity contribution is 6.02. The van der Waals surface area contributed by atoms with Gasteiger partial charge in [-0.2, -0.15) is 0 Å². The van der Waals surface area contributed by atoms with Gasteiger partial charge in [-0.05, 0) is 25.5 Å². The highest BCUT2D eigenvalue weighted by Gasteiger charge is 2.34. The molecule has 1 atom stereocenters. The summed E-state index contributed by atoms with van der Waals surface area (Å²) in [5.74, 6) is -1.47. The molecule has 0 aromatic heterocycles. The van der Waals surface area contributed by atoms with E-state index in [0.29, 0.717) is 11.4 Å². The molecule has 0 radical (unpaired) electrons. The topological polar surface area (TPSA) is 95.9 Å². The number of carboxylic acid groups (broad SMARTS) is 1. The smallest absolute Gasteiger partial charge is 0.329 e. The van der Waals surface area contributed by atoms with Gasteiger partial charge in [0, 0.05) is 0 Å². The lowest BCUT2D eigenvalue weighted by Crippen LogP contribution is -2.55. The number of para-hydroxylation sites is 2. The van der Waals surface area contributed by atoms with E-state index in [0.717, 1.165) is 0 Å². The van der Waals surface area contributed by atoms with Gasteiger partial charge in [0.05, 0.1) is 5.69 Å². The summed E-state index contributed by atoms with van der Waals surface area (Å²) in [6.45, 7) is 2.71. The third-order valence-corrected chi connectivity index (χ3v) is 3.70. The van der Waals surface area contributed by atoms with Crippen molar-refractivity contribution in [3.05, 3.63) is 24.3 Å². The minimum Gasteiger partial charge on any atom is -0.482 e. The van der Waals surface area contributed by atoms with Crippen molar-refractivity contribution >= 4 is 23.5 Å². The van der Waals surface area contributed by atoms with Crippen LogP contribution in [0.15, 0.2) is 24.3 Å². The molecular formula is C15H18N2O5. The van der Waals surface area contributed by atoms with E-state index < -0.39 is 17.4 Å². The largest absolute Gasteiger partial charge is 0.482 e. The van der Waals surface area contributed by atoms with Crippen LogP contribution in [0.3, 0.4) is 0 Å². The van der Waals surface area contributed by atoms with Crippen LogP contribution in [0, 0.1) is 0 Å². The fraction of sp³-hybridized carbons (Fsp3) is 0.400. The van der Waals surface area contributed by atoms with Crippen LogP contribution in [-0.4, -0.2) is 41.6 Å². The Morgan fingerprint density at radius 3 is 2.73 bits per heavy atom. The standard InChI is InChI=1S/C15H18N2O5/c1-3-15(2,14(20)21)16-12(18)8-17-10-6-4-5-7-11(10)22-9-13(17)19/h4-7H,3,8-9H2,1-2H3,(H,16,18)(H,20,21). The van der Waals surface area contributed by atoms with Crippen molar-refractivity contribution in [3.63, 3.8) is 0 Å². The molecule has 7 nitrogen and oxygen atoms in total. The molecule has 1 aromatic carbocycles. The second-order valence-corrected chi connectivity index (χ2v) is 5.28. The summed E-state index contributed by atoms with van der Waals surface area (Å²) in [5, 5.41) is 11.6. The number of rotatable bonds is 5. The third-order valence-electron chi connectivity index (χ3n) is 3.70. The number of ether oxygens (including phenoxy) is 1. The fourth-order valence-corrected chi connectivity index (χ4v) is 2.11. The number of benzene rings is 1. The van der Waals surface area contributed by atoms with Crippen LogP contribution in [-0.2, 0) is 14.4 Å². The molecule has 2 N–H and O–H groups in total. The van der Waals surface area contributed by atoms with Crippen molar-refractivity contribution in [2.24, 2.45) is 0 Å². The first-order valence-electron chi connectivity index (χ1n) is 6.94. The summed E-state index contributed by atoms with van der Waals surface area (Å²) in [6, 6.07) is 6.89. The molecule has 0 fully saturated rings. The molecule has 0 saturated carbocycles. The van der Waals surface area contributed by atoms with Crippen LogP contribution >= 0.6 is 0 Å². The molecule has 2 rings (SSSR count). The van der Waals surface area contributed by atoms with Crippen LogP contribution in [0.5, 0.6) is 5.75 Å². The van der Waals surface area contributed by atoms with E-state index in [4.69, 9.17) is 4.74 Å². The zero-order chi connectivity index (χ0) is 16.3. The van der Waals surface area contributed by atoms with Gasteiger partial charge in [0.15, 0.2) is 6.61 Å². The average Bonchev–Trinajstić information content (AvgIpc) is 2.49. The Balaban J connectivity index is 2.15. The number of hydrogen-bond donors (Lipinski definition) is 2. The molecule has 0 saturated heterocycles. The van der Waals surface area contributed by atoms with Crippen molar-refractivity contribution in [3.8, 4) is 5.75 Å². The fourth-order valence-electron chi connectivity index (χ4n) is 2.11. The number of fused-ring (bicyclic) bond motifs is 1. The number of nitrogens with zero attached hydrogens (tertiary/aromatic N) is 1. The van der Waals surface area contributed by atoms with Crippen LogP contribution in [0.25, 0.3) is 0 Å². The second kappa shape index (κ2) is 6.05. The van der Waals surface area contributed by atoms with Crippen molar-refractivity contribution in [1.29, 1.82) is 0 Å². The van der Waals surface area contributed by atoms with E-state index in [-0.39, 0.29) is 25.5 Å². The first kappa shape index (κ1) is 15.8. The predicted molar refractivity (Wildman–Crippen MR) is 78.8 cm³/mol. The van der Waals surface area contributed by atoms with Gasteiger partial charge in [-0.25, -0.2) is 4.79 Å². The molecule has 1 unspecified atom stereocenters. The minimum atomic E-state index is -1.36. The second-order valence-electron chi connectivity index (χ2n) is 5.28. The monoisotopic (exact) mass is 306 g/mol. The highest BCUT2D eigenvalue weighted by Crippen LogP contribution is 2.31. The van der Waals surface area contributed by atoms with Gasteiger partial charge in [-0.3, -0.25) is 14.5 Å². The van der Waals surface area contributed by atoms with E-state index in [1.54, 1.807) is 31.2 Å². The zero-order valence-corrected chi connectivity index (χ0v) is 12.5. The van der Waals surface area contributed by atoms with E-state index in [1.807, 2.05) is 0 Å². The minimum absolute atomic E-state index is 0.145. The Bertz CT molecular complexity index is 616. The number of aliphatic carboxylic acids is 1. The van der Waals surface area contributed by atoms with Gasteiger partial charge in [-0.1, -0.05) is 19.1 Å². The Morgan fingerprint density at radius 2 is 2.09 bits per heavy atom. The van der Waals surface area contributed by atoms with Crippen molar-refractivity contribution < 1.29 is 24.2 Å². The Hall–Kier alpha value is -2.57. The molecule has 1 aliphatic rings. The molecule has 1 heterocycles. The lowest BCUT2D eigenvalue weighted by molar-refractivity contribution is -0.146. The van der Waals surface area contributed by atoms with Crippen LogP contribution < -0.4 is 15.0 Å². The lowest BCUT2D eigenvalue weighted by atomic mass is 9.99. The number of anilines is 1. The Kier molecular flexibility index (Phi) is 4.35. The van der Waals surface area contributed by atoms with Gasteiger partial charge >= 0.3 is 5.97 Å². The maximum Gasteiger partial charge on any atom is 0.329 e. The lowest BCUT2D eigenvalue weighted by Gasteiger charge is -2.30. The predicted octanol–water partition coefficient (Wildman–Crippen LogP) is 0.781. The van der Waals surface area contributed by atoms with Gasteiger partial charge in [-0.15, -0.1) is 0 Å². The molecule has 22 heavy (non-hydrogen) atoms. The van der Waals surface area contributed by atoms with E-state index in [1.165, 1.54) is 11.8 Å². The quantitative estimate of drug-likeness (QED) is 0.838. The van der Waals surface area contributed by atoms with Gasteiger partial charge < -0.3 is 15.2 Å². The molecule has 118 valence electrons. The van der Waals surface area contributed by atoms with Crippen molar-refractivity contribution in [1.82, 2.24) is 5.32 Å². The average molecular weight is 306 g/mol. The number of nitrogens with one attached hydrogen (secondary N) is 1. The number of amides is 2. The Morgan fingerprint density at radius 1 is 1.41 bits per heavy atom.